The first kappa shape index (κ1) is 20.5. The first-order valence-electron chi connectivity index (χ1n) is 9.22. The van der Waals surface area contributed by atoms with Crippen molar-refractivity contribution in [2.24, 2.45) is 5.41 Å². The van der Waals surface area contributed by atoms with Crippen molar-refractivity contribution >= 4 is 16.5 Å². The molecule has 1 spiro atoms. The number of halogens is 3. The highest BCUT2D eigenvalue weighted by Gasteiger charge is 2.45. The Balaban J connectivity index is 0.00000210. The molecule has 0 aromatic carbocycles. The van der Waals surface area contributed by atoms with E-state index in [1.54, 1.807) is 0 Å². The van der Waals surface area contributed by atoms with Crippen LogP contribution in [0, 0.1) is 5.41 Å². The van der Waals surface area contributed by atoms with Crippen LogP contribution in [0.4, 0.5) is 18.9 Å². The largest absolute Gasteiger partial charge is 0.433 e. The number of alkyl halides is 3. The molecule has 0 radical (unpaired) electrons. The van der Waals surface area contributed by atoms with Crippen molar-refractivity contribution in [3.63, 3.8) is 0 Å². The van der Waals surface area contributed by atoms with Crippen molar-refractivity contribution in [3.8, 4) is 0 Å². The number of pyridine rings is 1. The van der Waals surface area contributed by atoms with E-state index in [1.165, 1.54) is 12.3 Å². The first-order chi connectivity index (χ1) is 12.3. The molecule has 0 amide bonds. The molecule has 4 rings (SSSR count). The monoisotopic (exact) mass is 405 g/mol. The lowest BCUT2D eigenvalue weighted by molar-refractivity contribution is -0.141. The summed E-state index contributed by atoms with van der Waals surface area (Å²) in [5.74, 6) is 1.74. The van der Waals surface area contributed by atoms with Crippen molar-refractivity contribution < 1.29 is 22.9 Å². The van der Waals surface area contributed by atoms with Crippen LogP contribution >= 0.6 is 0 Å². The Morgan fingerprint density at radius 1 is 1.15 bits per heavy atom. The molecule has 27 heavy (non-hydrogen) atoms. The molecular formula is C18H26F3N3O2S. The van der Waals surface area contributed by atoms with Crippen LogP contribution in [0.2, 0.25) is 0 Å². The molecule has 2 N–H and O–H groups in total. The first-order valence-corrected chi connectivity index (χ1v) is 10.7. The van der Waals surface area contributed by atoms with Crippen molar-refractivity contribution in [2.75, 3.05) is 42.6 Å². The van der Waals surface area contributed by atoms with E-state index in [0.717, 1.165) is 75.1 Å². The van der Waals surface area contributed by atoms with Gasteiger partial charge in [0.25, 0.3) is 0 Å². The average molecular weight is 405 g/mol. The molecule has 0 bridgehead atoms. The van der Waals surface area contributed by atoms with Gasteiger partial charge in [-0.25, -0.2) is 4.98 Å². The predicted molar refractivity (Wildman–Crippen MR) is 99.2 cm³/mol. The molecule has 3 fully saturated rings. The number of hydrogen-bond acceptors (Lipinski definition) is 4. The fraction of sp³-hybridized carbons (Fsp3) is 0.722. The lowest BCUT2D eigenvalue weighted by Gasteiger charge is -2.50. The van der Waals surface area contributed by atoms with Gasteiger partial charge in [0.15, 0.2) is 0 Å². The highest BCUT2D eigenvalue weighted by molar-refractivity contribution is 7.86. The number of anilines is 1. The minimum Gasteiger partial charge on any atom is -0.412 e. The fourth-order valence-corrected chi connectivity index (χ4v) is 6.38. The van der Waals surface area contributed by atoms with E-state index in [4.69, 9.17) is 0 Å². The molecule has 152 valence electrons. The molecule has 0 aliphatic carbocycles. The van der Waals surface area contributed by atoms with Crippen molar-refractivity contribution in [3.05, 3.63) is 24.0 Å². The fourth-order valence-electron chi connectivity index (χ4n) is 4.52. The number of rotatable bonds is 2. The maximum Gasteiger partial charge on any atom is 0.433 e. The standard InChI is InChI=1S/C18H24F3N3OS.H2O/c19-18(20,21)16-4-3-14(10-22-16)24-7-1-2-15(11-24)23-8-5-17(6-9-23)12-26(25)13-17;/h3-4,10,15H,1-2,5-9,11-13H2;1H2/t15-;/m1./s1. The van der Waals surface area contributed by atoms with Gasteiger partial charge in [0, 0.05) is 41.4 Å². The Hall–Kier alpha value is -1.19. The summed E-state index contributed by atoms with van der Waals surface area (Å²) in [6, 6.07) is 3.04. The lowest BCUT2D eigenvalue weighted by Crippen LogP contribution is -2.56. The van der Waals surface area contributed by atoms with Gasteiger partial charge in [-0.1, -0.05) is 0 Å². The maximum absolute atomic E-state index is 12.7. The highest BCUT2D eigenvalue weighted by atomic mass is 32.2. The minimum absolute atomic E-state index is 0. The Kier molecular flexibility index (Phi) is 5.84. The van der Waals surface area contributed by atoms with Gasteiger partial charge in [-0.2, -0.15) is 13.2 Å². The molecule has 5 nitrogen and oxygen atoms in total. The maximum atomic E-state index is 12.7. The number of likely N-dealkylation sites (tertiary alicyclic amines) is 1. The quantitative estimate of drug-likeness (QED) is 0.756. The Labute approximate surface area is 159 Å². The summed E-state index contributed by atoms with van der Waals surface area (Å²) in [4.78, 5) is 8.28. The van der Waals surface area contributed by atoms with Gasteiger partial charge in [0.05, 0.1) is 11.9 Å². The van der Waals surface area contributed by atoms with Gasteiger partial charge in [-0.05, 0) is 56.3 Å². The van der Waals surface area contributed by atoms with Crippen LogP contribution in [-0.2, 0) is 17.0 Å². The van der Waals surface area contributed by atoms with Gasteiger partial charge >= 0.3 is 6.18 Å². The topological polar surface area (TPSA) is 67.9 Å². The van der Waals surface area contributed by atoms with E-state index in [9.17, 15) is 17.4 Å². The Bertz CT molecular complexity index is 665. The van der Waals surface area contributed by atoms with E-state index in [0.29, 0.717) is 11.5 Å². The SMILES string of the molecule is O.O=S1CC2(CCN([C@@H]3CCCN(c4ccc(C(F)(F)F)nc4)C3)CC2)C1. The van der Waals surface area contributed by atoms with Crippen molar-refractivity contribution in [1.29, 1.82) is 0 Å². The molecule has 1 aromatic rings. The third-order valence-electron chi connectivity index (χ3n) is 6.11. The van der Waals surface area contributed by atoms with Crippen LogP contribution in [0.1, 0.15) is 31.4 Å². The number of hydrogen-bond donors (Lipinski definition) is 0. The summed E-state index contributed by atoms with van der Waals surface area (Å²) in [6.45, 7) is 3.79. The van der Waals surface area contributed by atoms with Crippen LogP contribution < -0.4 is 4.90 Å². The lowest BCUT2D eigenvalue weighted by atomic mass is 9.80. The third kappa shape index (κ3) is 4.30. The molecule has 4 heterocycles. The normalized spacial score (nSPS) is 26.5. The molecule has 9 heteroatoms. The molecule has 1 aromatic heterocycles. The van der Waals surface area contributed by atoms with Gasteiger partial charge in [0.1, 0.15) is 5.69 Å². The van der Waals surface area contributed by atoms with Crippen molar-refractivity contribution in [2.45, 2.75) is 37.9 Å². The van der Waals surface area contributed by atoms with Crippen molar-refractivity contribution in [1.82, 2.24) is 9.88 Å². The summed E-state index contributed by atoms with van der Waals surface area (Å²) in [7, 11) is -0.598. The predicted octanol–water partition coefficient (Wildman–Crippen LogP) is 2.09. The van der Waals surface area contributed by atoms with Crippen LogP contribution in [-0.4, -0.2) is 63.3 Å². The van der Waals surface area contributed by atoms with Crippen LogP contribution in [0.3, 0.4) is 0 Å². The summed E-state index contributed by atoms with van der Waals surface area (Å²) >= 11 is 0. The van der Waals surface area contributed by atoms with Crippen LogP contribution in [0.5, 0.6) is 0 Å². The summed E-state index contributed by atoms with van der Waals surface area (Å²) < 4.78 is 49.5. The number of aromatic nitrogens is 1. The molecular weight excluding hydrogens is 379 g/mol. The molecule has 1 atom stereocenters. The summed E-state index contributed by atoms with van der Waals surface area (Å²) in [5.41, 5.74) is 0.257. The van der Waals surface area contributed by atoms with E-state index >= 15 is 0 Å². The third-order valence-corrected chi connectivity index (χ3v) is 7.98. The summed E-state index contributed by atoms with van der Waals surface area (Å²) in [6.07, 6.45) is 1.37. The van der Waals surface area contributed by atoms with Gasteiger partial charge in [-0.3, -0.25) is 9.11 Å². The van der Waals surface area contributed by atoms with Crippen LogP contribution in [0.25, 0.3) is 0 Å². The molecule has 3 saturated heterocycles. The molecule has 3 aliphatic heterocycles. The zero-order valence-corrected chi connectivity index (χ0v) is 16.0. The molecule has 3 aliphatic rings. The highest BCUT2D eigenvalue weighted by Crippen LogP contribution is 2.41. The van der Waals surface area contributed by atoms with E-state index in [1.807, 2.05) is 0 Å². The van der Waals surface area contributed by atoms with Gasteiger partial charge in [0.2, 0.25) is 0 Å². The zero-order chi connectivity index (χ0) is 18.4. The van der Waals surface area contributed by atoms with E-state index in [-0.39, 0.29) is 5.48 Å². The van der Waals surface area contributed by atoms with E-state index in [2.05, 4.69) is 14.8 Å². The second kappa shape index (κ2) is 7.67. The minimum atomic E-state index is -4.39. The van der Waals surface area contributed by atoms with Crippen LogP contribution in [0.15, 0.2) is 18.3 Å². The average Bonchev–Trinajstić information content (AvgIpc) is 2.61. The zero-order valence-electron chi connectivity index (χ0n) is 15.2. The second-order valence-electron chi connectivity index (χ2n) is 7.91. The van der Waals surface area contributed by atoms with E-state index < -0.39 is 22.7 Å². The van der Waals surface area contributed by atoms with Gasteiger partial charge in [-0.15, -0.1) is 0 Å². The Morgan fingerprint density at radius 2 is 1.85 bits per heavy atom. The number of piperidine rings is 2. The second-order valence-corrected chi connectivity index (χ2v) is 9.36. The Morgan fingerprint density at radius 3 is 2.41 bits per heavy atom. The van der Waals surface area contributed by atoms with Gasteiger partial charge < -0.3 is 10.4 Å². The summed E-state index contributed by atoms with van der Waals surface area (Å²) in [5, 5.41) is 0. The number of nitrogens with zero attached hydrogens (tertiary/aromatic N) is 3. The molecule has 0 unspecified atom stereocenters. The molecule has 0 saturated carbocycles. The smallest absolute Gasteiger partial charge is 0.412 e.